The Labute approximate surface area is 75.0 Å². The first-order valence-electron chi connectivity index (χ1n) is 3.71. The van der Waals surface area contributed by atoms with Crippen LogP contribution >= 0.6 is 0 Å². The third-order valence-corrected chi connectivity index (χ3v) is 1.82. The molecule has 0 aliphatic carbocycles. The number of carbonyl (C=O) groups excluding carboxylic acids is 1. The summed E-state index contributed by atoms with van der Waals surface area (Å²) >= 11 is 0. The molecule has 0 aliphatic rings. The predicted molar refractivity (Wildman–Crippen MR) is 46.5 cm³/mol. The molecule has 0 spiro atoms. The van der Waals surface area contributed by atoms with E-state index in [1.54, 1.807) is 13.1 Å². The van der Waals surface area contributed by atoms with Crippen LogP contribution in [0.2, 0.25) is 0 Å². The number of carbonyl (C=O) groups is 1. The maximum Gasteiger partial charge on any atom is 0.264 e. The standard InChI is InChI=1S/C9H8N2O2/c1-6-8(7(2)12)3-4-9(13)11(6)5-10/h3-4H,1-2H3. The Bertz CT molecular complexity index is 452. The molecule has 0 saturated heterocycles. The normalized spacial score (nSPS) is 9.31. The molecule has 0 aliphatic heterocycles. The second-order valence-electron chi connectivity index (χ2n) is 2.66. The number of nitriles is 1. The van der Waals surface area contributed by atoms with Gasteiger partial charge in [-0.25, -0.2) is 4.57 Å². The van der Waals surface area contributed by atoms with E-state index in [1.165, 1.54) is 19.1 Å². The van der Waals surface area contributed by atoms with Crippen molar-refractivity contribution >= 4 is 5.78 Å². The number of pyridine rings is 1. The van der Waals surface area contributed by atoms with Gasteiger partial charge in [0.25, 0.3) is 5.56 Å². The first kappa shape index (κ1) is 9.20. The van der Waals surface area contributed by atoms with Crippen LogP contribution in [0.15, 0.2) is 16.9 Å². The molecule has 0 unspecified atom stereocenters. The Balaban J connectivity index is 3.57. The fourth-order valence-electron chi connectivity index (χ4n) is 1.13. The van der Waals surface area contributed by atoms with Crippen LogP contribution in [0.4, 0.5) is 0 Å². The van der Waals surface area contributed by atoms with E-state index in [0.29, 0.717) is 11.3 Å². The summed E-state index contributed by atoms with van der Waals surface area (Å²) < 4.78 is 0.900. The Kier molecular flexibility index (Phi) is 2.29. The zero-order valence-electron chi connectivity index (χ0n) is 7.37. The third kappa shape index (κ3) is 1.49. The Hall–Kier alpha value is -1.89. The minimum atomic E-state index is -0.412. The highest BCUT2D eigenvalue weighted by atomic mass is 16.1. The molecule has 0 atom stereocenters. The molecular formula is C9H8N2O2. The second-order valence-corrected chi connectivity index (χ2v) is 2.66. The summed E-state index contributed by atoms with van der Waals surface area (Å²) in [6.07, 6.45) is 1.71. The molecule has 1 aromatic heterocycles. The zero-order chi connectivity index (χ0) is 10.0. The van der Waals surface area contributed by atoms with Gasteiger partial charge in [0.15, 0.2) is 12.0 Å². The number of nitrogens with zero attached hydrogens (tertiary/aromatic N) is 2. The van der Waals surface area contributed by atoms with Crippen molar-refractivity contribution in [3.8, 4) is 6.19 Å². The molecule has 13 heavy (non-hydrogen) atoms. The number of ketones is 1. The van der Waals surface area contributed by atoms with Gasteiger partial charge in [0.1, 0.15) is 0 Å². The van der Waals surface area contributed by atoms with Crippen molar-refractivity contribution in [2.24, 2.45) is 0 Å². The first-order valence-corrected chi connectivity index (χ1v) is 3.71. The lowest BCUT2D eigenvalue weighted by molar-refractivity contribution is 0.101. The largest absolute Gasteiger partial charge is 0.294 e. The van der Waals surface area contributed by atoms with Crippen LogP contribution in [0.3, 0.4) is 0 Å². The molecule has 1 aromatic rings. The summed E-state index contributed by atoms with van der Waals surface area (Å²) in [5.41, 5.74) is 0.383. The molecule has 0 bridgehead atoms. The Morgan fingerprint density at radius 1 is 1.54 bits per heavy atom. The quantitative estimate of drug-likeness (QED) is 0.591. The molecular weight excluding hydrogens is 168 g/mol. The lowest BCUT2D eigenvalue weighted by Crippen LogP contribution is -2.20. The van der Waals surface area contributed by atoms with Gasteiger partial charge in [0.05, 0.1) is 0 Å². The van der Waals surface area contributed by atoms with E-state index in [1.807, 2.05) is 0 Å². The Morgan fingerprint density at radius 3 is 2.62 bits per heavy atom. The van der Waals surface area contributed by atoms with Gasteiger partial charge in [0.2, 0.25) is 0 Å². The topological polar surface area (TPSA) is 62.9 Å². The van der Waals surface area contributed by atoms with Crippen LogP contribution in [0.25, 0.3) is 0 Å². The predicted octanol–water partition coefficient (Wildman–Crippen LogP) is 0.689. The molecule has 0 fully saturated rings. The summed E-state index contributed by atoms with van der Waals surface area (Å²) in [7, 11) is 0. The third-order valence-electron chi connectivity index (χ3n) is 1.82. The van der Waals surface area contributed by atoms with Crippen LogP contribution in [-0.2, 0) is 0 Å². The van der Waals surface area contributed by atoms with E-state index in [4.69, 9.17) is 5.26 Å². The van der Waals surface area contributed by atoms with Crippen LogP contribution in [0.1, 0.15) is 23.0 Å². The van der Waals surface area contributed by atoms with Crippen molar-refractivity contribution in [2.75, 3.05) is 0 Å². The summed E-state index contributed by atoms with van der Waals surface area (Å²) in [5.74, 6) is -0.151. The van der Waals surface area contributed by atoms with Crippen LogP contribution in [0.5, 0.6) is 0 Å². The van der Waals surface area contributed by atoms with Crippen molar-refractivity contribution in [1.82, 2.24) is 4.57 Å². The Morgan fingerprint density at radius 2 is 2.15 bits per heavy atom. The number of rotatable bonds is 1. The smallest absolute Gasteiger partial charge is 0.264 e. The van der Waals surface area contributed by atoms with Gasteiger partial charge in [-0.3, -0.25) is 9.59 Å². The monoisotopic (exact) mass is 176 g/mol. The van der Waals surface area contributed by atoms with E-state index in [9.17, 15) is 9.59 Å². The van der Waals surface area contributed by atoms with E-state index >= 15 is 0 Å². The zero-order valence-corrected chi connectivity index (χ0v) is 7.37. The maximum atomic E-state index is 11.1. The molecule has 0 amide bonds. The lowest BCUT2D eigenvalue weighted by atomic mass is 10.1. The van der Waals surface area contributed by atoms with Gasteiger partial charge >= 0.3 is 0 Å². The molecule has 1 rings (SSSR count). The molecule has 0 saturated carbocycles. The highest BCUT2D eigenvalue weighted by Gasteiger charge is 2.08. The molecule has 0 radical (unpaired) electrons. The van der Waals surface area contributed by atoms with Gasteiger partial charge in [-0.05, 0) is 19.9 Å². The van der Waals surface area contributed by atoms with E-state index in [-0.39, 0.29) is 5.78 Å². The van der Waals surface area contributed by atoms with Crippen LogP contribution < -0.4 is 5.56 Å². The summed E-state index contributed by atoms with van der Waals surface area (Å²) in [6, 6.07) is 2.65. The van der Waals surface area contributed by atoms with Gasteiger partial charge in [-0.1, -0.05) is 0 Å². The molecule has 0 aromatic carbocycles. The lowest BCUT2D eigenvalue weighted by Gasteiger charge is -2.03. The molecule has 1 heterocycles. The molecule has 0 N–H and O–H groups in total. The van der Waals surface area contributed by atoms with Crippen LogP contribution in [-0.4, -0.2) is 10.4 Å². The van der Waals surface area contributed by atoms with Gasteiger partial charge in [-0.15, -0.1) is 0 Å². The van der Waals surface area contributed by atoms with E-state index in [2.05, 4.69) is 0 Å². The van der Waals surface area contributed by atoms with Crippen LogP contribution in [0, 0.1) is 18.4 Å². The van der Waals surface area contributed by atoms with Gasteiger partial charge < -0.3 is 0 Å². The number of Topliss-reactive ketones (excluding diaryl/α,β-unsaturated/α-hetero) is 1. The summed E-state index contributed by atoms with van der Waals surface area (Å²) in [6.45, 7) is 2.97. The highest BCUT2D eigenvalue weighted by molar-refractivity contribution is 5.95. The fraction of sp³-hybridized carbons (Fsp3) is 0.222. The number of aromatic nitrogens is 1. The van der Waals surface area contributed by atoms with E-state index in [0.717, 1.165) is 4.57 Å². The minimum absolute atomic E-state index is 0.151. The number of hydrogen-bond acceptors (Lipinski definition) is 3. The van der Waals surface area contributed by atoms with Gasteiger partial charge in [-0.2, -0.15) is 5.26 Å². The molecule has 4 heteroatoms. The van der Waals surface area contributed by atoms with Crippen molar-refractivity contribution < 1.29 is 4.79 Å². The second kappa shape index (κ2) is 3.23. The molecule has 66 valence electrons. The maximum absolute atomic E-state index is 11.1. The summed E-state index contributed by atoms with van der Waals surface area (Å²) in [5, 5.41) is 8.61. The average Bonchev–Trinajstić information content (AvgIpc) is 2.04. The van der Waals surface area contributed by atoms with Crippen molar-refractivity contribution in [1.29, 1.82) is 5.26 Å². The minimum Gasteiger partial charge on any atom is -0.294 e. The van der Waals surface area contributed by atoms with Crippen molar-refractivity contribution in [3.05, 3.63) is 33.7 Å². The SMILES string of the molecule is CC(=O)c1ccc(=O)n(C#N)c1C. The van der Waals surface area contributed by atoms with E-state index < -0.39 is 5.56 Å². The van der Waals surface area contributed by atoms with Crippen molar-refractivity contribution in [3.63, 3.8) is 0 Å². The van der Waals surface area contributed by atoms with Gasteiger partial charge in [0, 0.05) is 17.3 Å². The number of hydrogen-bond donors (Lipinski definition) is 0. The summed E-state index contributed by atoms with van der Waals surface area (Å²) in [4.78, 5) is 22.1. The average molecular weight is 176 g/mol. The van der Waals surface area contributed by atoms with Crippen molar-refractivity contribution in [2.45, 2.75) is 13.8 Å². The fourth-order valence-corrected chi connectivity index (χ4v) is 1.13. The highest BCUT2D eigenvalue weighted by Crippen LogP contribution is 2.04. The first-order chi connectivity index (χ1) is 6.07. The molecule has 4 nitrogen and oxygen atoms in total.